The van der Waals surface area contributed by atoms with Crippen molar-refractivity contribution in [2.75, 3.05) is 13.2 Å². The molecule has 41 heavy (non-hydrogen) atoms. The summed E-state index contributed by atoms with van der Waals surface area (Å²) in [4.78, 5) is 28.7. The summed E-state index contributed by atoms with van der Waals surface area (Å²) in [7, 11) is 0. The summed E-state index contributed by atoms with van der Waals surface area (Å²) in [5.74, 6) is 0.0894. The quantitative estimate of drug-likeness (QED) is 0.168. The van der Waals surface area contributed by atoms with E-state index in [9.17, 15) is 14.7 Å². The van der Waals surface area contributed by atoms with E-state index in [0.29, 0.717) is 18.8 Å². The van der Waals surface area contributed by atoms with Crippen LogP contribution in [0, 0.1) is 0 Å². The van der Waals surface area contributed by atoms with Gasteiger partial charge in [-0.1, -0.05) is 71.0 Å². The molecule has 1 unspecified atom stereocenters. The van der Waals surface area contributed by atoms with Gasteiger partial charge in [-0.3, -0.25) is 9.59 Å². The molecule has 0 aromatic heterocycles. The van der Waals surface area contributed by atoms with Crippen LogP contribution >= 0.6 is 0 Å². The lowest BCUT2D eigenvalue weighted by atomic mass is 9.85. The lowest BCUT2D eigenvalue weighted by Gasteiger charge is -2.27. The fourth-order valence-corrected chi connectivity index (χ4v) is 5.20. The maximum absolute atomic E-state index is 13.6. The predicted octanol–water partition coefficient (Wildman–Crippen LogP) is 7.53. The predicted molar refractivity (Wildman–Crippen MR) is 162 cm³/mol. The summed E-state index contributed by atoms with van der Waals surface area (Å²) in [6.07, 6.45) is 0. The molecule has 6 nitrogen and oxygen atoms in total. The van der Waals surface area contributed by atoms with E-state index in [1.807, 2.05) is 88.4 Å². The number of aliphatic hydroxyl groups excluding tert-OH is 1. The Labute approximate surface area is 243 Å². The van der Waals surface area contributed by atoms with Crippen molar-refractivity contribution < 1.29 is 24.2 Å². The van der Waals surface area contributed by atoms with Crippen LogP contribution in [0.1, 0.15) is 88.2 Å². The summed E-state index contributed by atoms with van der Waals surface area (Å²) in [5, 5.41) is 11.7. The largest absolute Gasteiger partial charge is 0.507 e. The van der Waals surface area contributed by atoms with Crippen molar-refractivity contribution in [3.63, 3.8) is 0 Å². The monoisotopic (exact) mass is 555 g/mol. The minimum absolute atomic E-state index is 0.0573. The van der Waals surface area contributed by atoms with Crippen LogP contribution in [0.5, 0.6) is 11.5 Å². The van der Waals surface area contributed by atoms with Gasteiger partial charge in [-0.2, -0.15) is 0 Å². The number of amides is 1. The van der Waals surface area contributed by atoms with Gasteiger partial charge in [0.25, 0.3) is 11.7 Å². The van der Waals surface area contributed by atoms with Crippen LogP contribution in [0.2, 0.25) is 0 Å². The number of nitrogens with zero attached hydrogens (tertiary/aromatic N) is 1. The van der Waals surface area contributed by atoms with Gasteiger partial charge in [0.05, 0.1) is 24.8 Å². The molecular weight excluding hydrogens is 514 g/mol. The Morgan fingerprint density at radius 3 is 2.10 bits per heavy atom. The van der Waals surface area contributed by atoms with E-state index in [1.165, 1.54) is 0 Å². The van der Waals surface area contributed by atoms with Gasteiger partial charge in [-0.25, -0.2) is 0 Å². The summed E-state index contributed by atoms with van der Waals surface area (Å²) in [6, 6.07) is 20.1. The first-order chi connectivity index (χ1) is 19.5. The first kappa shape index (κ1) is 29.9. The maximum Gasteiger partial charge on any atom is 0.295 e. The van der Waals surface area contributed by atoms with Crippen LogP contribution < -0.4 is 9.47 Å². The van der Waals surface area contributed by atoms with E-state index in [4.69, 9.17) is 9.47 Å². The van der Waals surface area contributed by atoms with E-state index < -0.39 is 17.7 Å². The Bertz CT molecular complexity index is 1430. The third kappa shape index (κ3) is 6.32. The molecule has 0 spiro atoms. The van der Waals surface area contributed by atoms with E-state index in [2.05, 4.69) is 20.8 Å². The zero-order chi connectivity index (χ0) is 29.9. The van der Waals surface area contributed by atoms with Gasteiger partial charge in [0.2, 0.25) is 0 Å². The van der Waals surface area contributed by atoms with Crippen LogP contribution in [-0.4, -0.2) is 34.9 Å². The van der Waals surface area contributed by atoms with Crippen molar-refractivity contribution in [1.82, 2.24) is 4.90 Å². The minimum atomic E-state index is -0.746. The Hall–Kier alpha value is -4.06. The number of likely N-dealkylation sites (tertiary alicyclic amines) is 1. The Kier molecular flexibility index (Phi) is 8.91. The molecule has 0 radical (unpaired) electrons. The molecule has 1 aliphatic rings. The molecule has 1 aliphatic heterocycles. The highest BCUT2D eigenvalue weighted by Gasteiger charge is 2.46. The molecule has 1 fully saturated rings. The summed E-state index contributed by atoms with van der Waals surface area (Å²) < 4.78 is 11.4. The summed E-state index contributed by atoms with van der Waals surface area (Å²) >= 11 is 0. The van der Waals surface area contributed by atoms with Crippen LogP contribution in [0.25, 0.3) is 5.76 Å². The molecule has 6 heteroatoms. The highest BCUT2D eigenvalue weighted by molar-refractivity contribution is 6.46. The molecule has 1 amide bonds. The van der Waals surface area contributed by atoms with Crippen molar-refractivity contribution in [1.29, 1.82) is 0 Å². The zero-order valence-electron chi connectivity index (χ0n) is 25.2. The average molecular weight is 556 g/mol. The van der Waals surface area contributed by atoms with E-state index >= 15 is 0 Å². The van der Waals surface area contributed by atoms with Crippen LogP contribution in [0.3, 0.4) is 0 Å². The molecule has 216 valence electrons. The standard InChI is InChI=1S/C35H41NO5/c1-8-40-27-17-10-23(11-18-27)21-36-31(24-12-15-26(16-13-24)35(5,6)7)30(33(38)34(36)39)32(37)25-14-19-29(41-9-2)28(20-25)22(3)4/h10-20,22,31,37H,8-9,21H2,1-7H3/b32-30-. The number of hydrogen-bond donors (Lipinski definition) is 1. The number of Topliss-reactive ketones (excluding diaryl/α,β-unsaturated/α-hetero) is 1. The van der Waals surface area contributed by atoms with Crippen LogP contribution in [-0.2, 0) is 21.5 Å². The molecule has 3 aromatic rings. The van der Waals surface area contributed by atoms with Gasteiger partial charge in [-0.15, -0.1) is 0 Å². The molecule has 1 saturated heterocycles. The first-order valence-electron chi connectivity index (χ1n) is 14.3. The second-order valence-electron chi connectivity index (χ2n) is 11.7. The van der Waals surface area contributed by atoms with Gasteiger partial charge in [0.15, 0.2) is 0 Å². The third-order valence-electron chi connectivity index (χ3n) is 7.42. The van der Waals surface area contributed by atoms with Crippen LogP contribution in [0.15, 0.2) is 72.3 Å². The third-order valence-corrected chi connectivity index (χ3v) is 7.42. The van der Waals surface area contributed by atoms with Crippen molar-refractivity contribution in [2.45, 2.75) is 72.4 Å². The summed E-state index contributed by atoms with van der Waals surface area (Å²) in [6.45, 7) is 15.6. The highest BCUT2D eigenvalue weighted by atomic mass is 16.5. The maximum atomic E-state index is 13.6. The van der Waals surface area contributed by atoms with Crippen molar-refractivity contribution >= 4 is 17.4 Å². The molecule has 0 bridgehead atoms. The Balaban J connectivity index is 1.84. The lowest BCUT2D eigenvalue weighted by molar-refractivity contribution is -0.140. The topological polar surface area (TPSA) is 76.1 Å². The number of aliphatic hydroxyl groups is 1. The van der Waals surface area contributed by atoms with Crippen molar-refractivity contribution in [3.05, 3.63) is 100 Å². The SMILES string of the molecule is CCOc1ccc(CN2C(=O)C(=O)/C(=C(\O)c3ccc(OCC)c(C(C)C)c3)C2c2ccc(C(C)(C)C)cc2)cc1. The zero-order valence-corrected chi connectivity index (χ0v) is 25.2. The van der Waals surface area contributed by atoms with Crippen molar-refractivity contribution in [3.8, 4) is 11.5 Å². The van der Waals surface area contributed by atoms with Gasteiger partial charge in [0.1, 0.15) is 17.3 Å². The highest BCUT2D eigenvalue weighted by Crippen LogP contribution is 2.42. The number of rotatable bonds is 9. The molecule has 1 N–H and O–H groups in total. The fourth-order valence-electron chi connectivity index (χ4n) is 5.20. The summed E-state index contributed by atoms with van der Waals surface area (Å²) in [5.41, 5.74) is 4.19. The van der Waals surface area contributed by atoms with Crippen LogP contribution in [0.4, 0.5) is 0 Å². The molecular formula is C35H41NO5. The number of ketones is 1. The minimum Gasteiger partial charge on any atom is -0.507 e. The number of carbonyl (C=O) groups excluding carboxylic acids is 2. The van der Waals surface area contributed by atoms with Gasteiger partial charge < -0.3 is 19.5 Å². The molecule has 1 heterocycles. The van der Waals surface area contributed by atoms with E-state index in [0.717, 1.165) is 33.8 Å². The number of benzene rings is 3. The second-order valence-corrected chi connectivity index (χ2v) is 11.7. The number of ether oxygens (including phenoxy) is 2. The normalized spacial score (nSPS) is 16.9. The van der Waals surface area contributed by atoms with Gasteiger partial charge >= 0.3 is 0 Å². The van der Waals surface area contributed by atoms with Gasteiger partial charge in [0, 0.05) is 12.1 Å². The Morgan fingerprint density at radius 2 is 1.54 bits per heavy atom. The molecule has 1 atom stereocenters. The average Bonchev–Trinajstić information content (AvgIpc) is 3.18. The molecule has 3 aromatic carbocycles. The molecule has 0 saturated carbocycles. The second kappa shape index (κ2) is 12.2. The van der Waals surface area contributed by atoms with E-state index in [-0.39, 0.29) is 29.2 Å². The lowest BCUT2D eigenvalue weighted by Crippen LogP contribution is -2.29. The Morgan fingerprint density at radius 1 is 0.902 bits per heavy atom. The first-order valence-corrected chi connectivity index (χ1v) is 14.3. The van der Waals surface area contributed by atoms with Crippen molar-refractivity contribution in [2.24, 2.45) is 0 Å². The smallest absolute Gasteiger partial charge is 0.295 e. The molecule has 4 rings (SSSR count). The number of hydrogen-bond acceptors (Lipinski definition) is 5. The van der Waals surface area contributed by atoms with Gasteiger partial charge in [-0.05, 0) is 77.8 Å². The number of carbonyl (C=O) groups is 2. The molecule has 0 aliphatic carbocycles. The van der Waals surface area contributed by atoms with E-state index in [1.54, 1.807) is 11.0 Å². The fraction of sp³-hybridized carbons (Fsp3) is 0.371.